The number of anilines is 1. The number of rotatable bonds is 3. The van der Waals surface area contributed by atoms with Crippen LogP contribution in [0.1, 0.15) is 24.0 Å². The van der Waals surface area contributed by atoms with Gasteiger partial charge in [-0.3, -0.25) is 9.59 Å². The summed E-state index contributed by atoms with van der Waals surface area (Å²) in [6.45, 7) is 3.85. The van der Waals surface area contributed by atoms with Gasteiger partial charge in [0, 0.05) is 10.2 Å². The van der Waals surface area contributed by atoms with Gasteiger partial charge < -0.3 is 10.4 Å². The number of halogens is 1. The van der Waals surface area contributed by atoms with E-state index in [1.165, 1.54) is 0 Å². The molecule has 1 saturated carbocycles. The first-order chi connectivity index (χ1) is 8.36. The molecule has 5 heteroatoms. The molecule has 0 aliphatic heterocycles. The predicted octanol–water partition coefficient (Wildman–Crippen LogP) is 2.87. The highest BCUT2D eigenvalue weighted by atomic mass is 79.9. The zero-order chi connectivity index (χ0) is 13.5. The molecule has 2 N–H and O–H groups in total. The minimum atomic E-state index is -1.20. The Kier molecular flexibility index (Phi) is 3.19. The van der Waals surface area contributed by atoms with Crippen molar-refractivity contribution in [2.75, 3.05) is 5.32 Å². The Bertz CT molecular complexity index is 512. The summed E-state index contributed by atoms with van der Waals surface area (Å²) in [6, 6.07) is 3.65. The van der Waals surface area contributed by atoms with Crippen LogP contribution in [0.15, 0.2) is 16.6 Å². The molecule has 0 radical (unpaired) electrons. The van der Waals surface area contributed by atoms with Gasteiger partial charge >= 0.3 is 5.97 Å². The third-order valence-electron chi connectivity index (χ3n) is 3.29. The number of nitrogens with one attached hydrogen (secondary N) is 1. The van der Waals surface area contributed by atoms with E-state index in [0.717, 1.165) is 15.6 Å². The number of carboxylic acids is 1. The number of carboxylic acid groups (broad SMARTS) is 1. The van der Waals surface area contributed by atoms with Crippen molar-refractivity contribution in [1.29, 1.82) is 0 Å². The van der Waals surface area contributed by atoms with Crippen LogP contribution in [0.4, 0.5) is 5.69 Å². The summed E-state index contributed by atoms with van der Waals surface area (Å²) >= 11 is 3.45. The lowest BCUT2D eigenvalue weighted by Crippen LogP contribution is -2.31. The van der Waals surface area contributed by atoms with Crippen molar-refractivity contribution in [3.05, 3.63) is 27.7 Å². The van der Waals surface area contributed by atoms with Crippen LogP contribution in [0.5, 0.6) is 0 Å². The third kappa shape index (κ3) is 2.14. The lowest BCUT2D eigenvalue weighted by atomic mass is 10.1. The summed E-state index contributed by atoms with van der Waals surface area (Å²) in [5, 5.41) is 11.7. The standard InChI is InChI=1S/C13H14BrNO3/c1-7-5-9(6-8(2)10(7)14)15-11(16)13(3-4-13)12(17)18/h5-6H,3-4H2,1-2H3,(H,15,16)(H,17,18). The second-order valence-electron chi connectivity index (χ2n) is 4.77. The van der Waals surface area contributed by atoms with E-state index >= 15 is 0 Å². The summed E-state index contributed by atoms with van der Waals surface area (Å²) in [5.74, 6) is -1.46. The van der Waals surface area contributed by atoms with Crippen LogP contribution in [0.3, 0.4) is 0 Å². The van der Waals surface area contributed by atoms with E-state index in [1.54, 1.807) is 0 Å². The molecule has 0 unspecified atom stereocenters. The maximum Gasteiger partial charge on any atom is 0.319 e. The highest BCUT2D eigenvalue weighted by molar-refractivity contribution is 9.10. The first-order valence-electron chi connectivity index (χ1n) is 5.68. The number of benzene rings is 1. The highest BCUT2D eigenvalue weighted by Crippen LogP contribution is 2.46. The van der Waals surface area contributed by atoms with Crippen LogP contribution in [0, 0.1) is 19.3 Å². The first-order valence-corrected chi connectivity index (χ1v) is 6.48. The average molecular weight is 312 g/mol. The molecule has 96 valence electrons. The average Bonchev–Trinajstić information content (AvgIpc) is 3.06. The molecule has 0 spiro atoms. The molecule has 0 saturated heterocycles. The molecule has 1 aliphatic carbocycles. The number of amides is 1. The fourth-order valence-corrected chi connectivity index (χ4v) is 2.16. The van der Waals surface area contributed by atoms with Gasteiger partial charge in [-0.15, -0.1) is 0 Å². The van der Waals surface area contributed by atoms with Crippen LogP contribution in [0.2, 0.25) is 0 Å². The van der Waals surface area contributed by atoms with Crippen LogP contribution in [-0.2, 0) is 9.59 Å². The van der Waals surface area contributed by atoms with Gasteiger partial charge in [-0.05, 0) is 49.9 Å². The Morgan fingerprint density at radius 2 is 1.78 bits per heavy atom. The molecule has 1 aliphatic rings. The Balaban J connectivity index is 2.20. The molecule has 1 amide bonds. The van der Waals surface area contributed by atoms with E-state index in [2.05, 4.69) is 21.2 Å². The van der Waals surface area contributed by atoms with Gasteiger partial charge in [0.1, 0.15) is 5.41 Å². The molecule has 0 heterocycles. The van der Waals surface area contributed by atoms with Gasteiger partial charge in [0.05, 0.1) is 0 Å². The molecule has 0 atom stereocenters. The third-order valence-corrected chi connectivity index (χ3v) is 4.54. The predicted molar refractivity (Wildman–Crippen MR) is 71.5 cm³/mol. The number of aryl methyl sites for hydroxylation is 2. The fourth-order valence-electron chi connectivity index (χ4n) is 1.93. The van der Waals surface area contributed by atoms with E-state index < -0.39 is 17.3 Å². The number of carbonyl (C=O) groups is 2. The maximum atomic E-state index is 11.9. The molecule has 1 aromatic rings. The number of aliphatic carboxylic acids is 1. The molecular weight excluding hydrogens is 298 g/mol. The molecule has 1 fully saturated rings. The van der Waals surface area contributed by atoms with Gasteiger partial charge in [0.15, 0.2) is 0 Å². The van der Waals surface area contributed by atoms with E-state index in [-0.39, 0.29) is 0 Å². The van der Waals surface area contributed by atoms with Crippen molar-refractivity contribution >= 4 is 33.5 Å². The maximum absolute atomic E-state index is 11.9. The highest BCUT2D eigenvalue weighted by Gasteiger charge is 2.57. The minimum absolute atomic E-state index is 0.419. The Morgan fingerprint density at radius 1 is 1.28 bits per heavy atom. The molecule has 18 heavy (non-hydrogen) atoms. The normalized spacial score (nSPS) is 16.2. The van der Waals surface area contributed by atoms with E-state index in [4.69, 9.17) is 5.11 Å². The zero-order valence-electron chi connectivity index (χ0n) is 10.2. The minimum Gasteiger partial charge on any atom is -0.480 e. The number of hydrogen-bond donors (Lipinski definition) is 2. The van der Waals surface area contributed by atoms with Crippen LogP contribution in [0.25, 0.3) is 0 Å². The van der Waals surface area contributed by atoms with Crippen LogP contribution < -0.4 is 5.32 Å². The van der Waals surface area contributed by atoms with Gasteiger partial charge in [0.2, 0.25) is 5.91 Å². The lowest BCUT2D eigenvalue weighted by Gasteiger charge is -2.13. The van der Waals surface area contributed by atoms with Crippen molar-refractivity contribution in [1.82, 2.24) is 0 Å². The second-order valence-corrected chi connectivity index (χ2v) is 5.56. The zero-order valence-corrected chi connectivity index (χ0v) is 11.8. The van der Waals surface area contributed by atoms with Crippen molar-refractivity contribution in [2.45, 2.75) is 26.7 Å². The van der Waals surface area contributed by atoms with Gasteiger partial charge in [-0.2, -0.15) is 0 Å². The topological polar surface area (TPSA) is 66.4 Å². The van der Waals surface area contributed by atoms with Gasteiger partial charge in [-0.25, -0.2) is 0 Å². The van der Waals surface area contributed by atoms with Crippen molar-refractivity contribution in [2.24, 2.45) is 5.41 Å². The van der Waals surface area contributed by atoms with Gasteiger partial charge in [0.25, 0.3) is 0 Å². The lowest BCUT2D eigenvalue weighted by molar-refractivity contribution is -0.147. The summed E-state index contributed by atoms with van der Waals surface area (Å²) in [6.07, 6.45) is 0.839. The Morgan fingerprint density at radius 3 is 2.17 bits per heavy atom. The van der Waals surface area contributed by atoms with Crippen molar-refractivity contribution < 1.29 is 14.7 Å². The number of carbonyl (C=O) groups excluding carboxylic acids is 1. The van der Waals surface area contributed by atoms with Crippen molar-refractivity contribution in [3.63, 3.8) is 0 Å². The molecule has 4 nitrogen and oxygen atoms in total. The molecule has 2 rings (SSSR count). The van der Waals surface area contributed by atoms with Gasteiger partial charge in [-0.1, -0.05) is 15.9 Å². The van der Waals surface area contributed by atoms with Crippen molar-refractivity contribution in [3.8, 4) is 0 Å². The number of hydrogen-bond acceptors (Lipinski definition) is 2. The van der Waals surface area contributed by atoms with E-state index in [9.17, 15) is 9.59 Å². The summed E-state index contributed by atoms with van der Waals surface area (Å²) in [4.78, 5) is 23.0. The Labute approximate surface area is 114 Å². The monoisotopic (exact) mass is 311 g/mol. The van der Waals surface area contributed by atoms with Crippen LogP contribution >= 0.6 is 15.9 Å². The molecular formula is C13H14BrNO3. The smallest absolute Gasteiger partial charge is 0.319 e. The summed E-state index contributed by atoms with van der Waals surface area (Å²) in [5.41, 5.74) is 1.45. The van der Waals surface area contributed by atoms with E-state index in [0.29, 0.717) is 18.5 Å². The Hall–Kier alpha value is -1.36. The molecule has 0 aromatic heterocycles. The fraction of sp³-hybridized carbons (Fsp3) is 0.385. The quantitative estimate of drug-likeness (QED) is 0.843. The first kappa shape index (κ1) is 13.1. The SMILES string of the molecule is Cc1cc(NC(=O)C2(C(=O)O)CC2)cc(C)c1Br. The summed E-state index contributed by atoms with van der Waals surface area (Å²) < 4.78 is 1.000. The molecule has 0 bridgehead atoms. The van der Waals surface area contributed by atoms with Crippen LogP contribution in [-0.4, -0.2) is 17.0 Å². The molecule has 1 aromatic carbocycles. The summed E-state index contributed by atoms with van der Waals surface area (Å²) in [7, 11) is 0. The second kappa shape index (κ2) is 4.39. The largest absolute Gasteiger partial charge is 0.480 e. The van der Waals surface area contributed by atoms with E-state index in [1.807, 2.05) is 26.0 Å².